The van der Waals surface area contributed by atoms with Crippen LogP contribution in [-0.4, -0.2) is 38.7 Å². The number of carbonyl (C=O) groups is 2. The molecular formula is C9H16O6. The van der Waals surface area contributed by atoms with Gasteiger partial charge in [0.2, 0.25) is 6.29 Å². The highest BCUT2D eigenvalue weighted by Gasteiger charge is 2.16. The molecule has 6 nitrogen and oxygen atoms in total. The first-order valence-electron chi connectivity index (χ1n) is 4.41. The molecule has 0 bridgehead atoms. The maximum atomic E-state index is 11.2. The summed E-state index contributed by atoms with van der Waals surface area (Å²) >= 11 is 0. The molecule has 0 aromatic heterocycles. The van der Waals surface area contributed by atoms with E-state index in [1.54, 1.807) is 0 Å². The van der Waals surface area contributed by atoms with Crippen molar-refractivity contribution in [3.05, 3.63) is 0 Å². The quantitative estimate of drug-likeness (QED) is 0.478. The monoisotopic (exact) mass is 220 g/mol. The molecule has 0 saturated carbocycles. The predicted octanol–water partition coefficient (Wildman–Crippen LogP) is 0.448. The SMILES string of the molecule is COC(CC(=O)OC(C)OC(C)=O)OC. The topological polar surface area (TPSA) is 71.1 Å². The fourth-order valence-electron chi connectivity index (χ4n) is 0.890. The number of ether oxygens (including phenoxy) is 4. The van der Waals surface area contributed by atoms with Crippen molar-refractivity contribution in [1.29, 1.82) is 0 Å². The average Bonchev–Trinajstić information content (AvgIpc) is 2.12. The molecule has 0 aliphatic rings. The van der Waals surface area contributed by atoms with E-state index in [0.29, 0.717) is 0 Å². The fraction of sp³-hybridized carbons (Fsp3) is 0.778. The van der Waals surface area contributed by atoms with Crippen LogP contribution in [0, 0.1) is 0 Å². The van der Waals surface area contributed by atoms with Crippen molar-refractivity contribution in [3.63, 3.8) is 0 Å². The standard InChI is InChI=1S/C9H16O6/c1-6(10)14-7(2)15-8(11)5-9(12-3)13-4/h7,9H,5H2,1-4H3. The number of carbonyl (C=O) groups excluding carboxylic acids is 2. The van der Waals surface area contributed by atoms with E-state index >= 15 is 0 Å². The summed E-state index contributed by atoms with van der Waals surface area (Å²) in [7, 11) is 2.83. The smallest absolute Gasteiger partial charge is 0.314 e. The summed E-state index contributed by atoms with van der Waals surface area (Å²) < 4.78 is 19.0. The highest BCUT2D eigenvalue weighted by atomic mass is 16.7. The molecule has 0 heterocycles. The minimum absolute atomic E-state index is 0.0569. The van der Waals surface area contributed by atoms with Gasteiger partial charge in [-0.15, -0.1) is 0 Å². The number of hydrogen-bond acceptors (Lipinski definition) is 6. The average molecular weight is 220 g/mol. The van der Waals surface area contributed by atoms with Gasteiger partial charge in [-0.05, 0) is 0 Å². The third-order valence-electron chi connectivity index (χ3n) is 1.49. The van der Waals surface area contributed by atoms with Gasteiger partial charge in [0.05, 0.1) is 6.42 Å². The van der Waals surface area contributed by atoms with E-state index in [2.05, 4.69) is 4.74 Å². The Labute approximate surface area is 88.4 Å². The van der Waals surface area contributed by atoms with Crippen molar-refractivity contribution in [2.75, 3.05) is 14.2 Å². The molecule has 1 unspecified atom stereocenters. The normalized spacial score (nSPS) is 12.3. The predicted molar refractivity (Wildman–Crippen MR) is 49.7 cm³/mol. The van der Waals surface area contributed by atoms with Crippen LogP contribution in [0.25, 0.3) is 0 Å². The Morgan fingerprint density at radius 1 is 1.13 bits per heavy atom. The van der Waals surface area contributed by atoms with Crippen LogP contribution in [0.15, 0.2) is 0 Å². The van der Waals surface area contributed by atoms with Gasteiger partial charge in [0.15, 0.2) is 6.29 Å². The van der Waals surface area contributed by atoms with Gasteiger partial charge in [0.25, 0.3) is 0 Å². The summed E-state index contributed by atoms with van der Waals surface area (Å²) in [6, 6.07) is 0. The van der Waals surface area contributed by atoms with Crippen molar-refractivity contribution >= 4 is 11.9 Å². The second kappa shape index (κ2) is 7.19. The summed E-state index contributed by atoms with van der Waals surface area (Å²) in [6.45, 7) is 2.69. The molecule has 0 aliphatic carbocycles. The van der Waals surface area contributed by atoms with Gasteiger partial charge in [-0.2, -0.15) is 0 Å². The summed E-state index contributed by atoms with van der Waals surface area (Å²) in [6.07, 6.45) is -1.61. The van der Waals surface area contributed by atoms with Crippen LogP contribution in [0.3, 0.4) is 0 Å². The molecule has 0 rings (SSSR count). The third-order valence-corrected chi connectivity index (χ3v) is 1.49. The van der Waals surface area contributed by atoms with E-state index in [1.165, 1.54) is 28.1 Å². The zero-order valence-corrected chi connectivity index (χ0v) is 9.31. The molecule has 0 N–H and O–H groups in total. The Morgan fingerprint density at radius 2 is 1.67 bits per heavy atom. The molecular weight excluding hydrogens is 204 g/mol. The van der Waals surface area contributed by atoms with Gasteiger partial charge in [-0.1, -0.05) is 0 Å². The number of rotatable bonds is 6. The Morgan fingerprint density at radius 3 is 2.07 bits per heavy atom. The zero-order valence-electron chi connectivity index (χ0n) is 9.31. The maximum absolute atomic E-state index is 11.2. The van der Waals surface area contributed by atoms with E-state index in [4.69, 9.17) is 14.2 Å². The summed E-state index contributed by atoms with van der Waals surface area (Å²) in [4.78, 5) is 21.7. The van der Waals surface area contributed by atoms with Gasteiger partial charge in [0, 0.05) is 28.1 Å². The number of esters is 2. The molecule has 0 fully saturated rings. The second-order valence-corrected chi connectivity index (χ2v) is 2.77. The van der Waals surface area contributed by atoms with Crippen LogP contribution < -0.4 is 0 Å². The molecule has 0 amide bonds. The molecule has 0 spiro atoms. The largest absolute Gasteiger partial charge is 0.426 e. The Hall–Kier alpha value is -1.14. The zero-order chi connectivity index (χ0) is 11.8. The lowest BCUT2D eigenvalue weighted by Crippen LogP contribution is -2.25. The Bertz CT molecular complexity index is 211. The van der Waals surface area contributed by atoms with E-state index in [0.717, 1.165) is 0 Å². The van der Waals surface area contributed by atoms with Crippen molar-refractivity contribution < 1.29 is 28.5 Å². The maximum Gasteiger partial charge on any atom is 0.314 e. The molecule has 88 valence electrons. The van der Waals surface area contributed by atoms with Crippen molar-refractivity contribution in [3.8, 4) is 0 Å². The fourth-order valence-corrected chi connectivity index (χ4v) is 0.890. The number of hydrogen-bond donors (Lipinski definition) is 0. The van der Waals surface area contributed by atoms with Crippen LogP contribution in [0.4, 0.5) is 0 Å². The lowest BCUT2D eigenvalue weighted by molar-refractivity contribution is -0.189. The lowest BCUT2D eigenvalue weighted by Gasteiger charge is -2.15. The Kier molecular flexibility index (Phi) is 6.64. The molecule has 0 aliphatic heterocycles. The van der Waals surface area contributed by atoms with E-state index in [-0.39, 0.29) is 6.42 Å². The molecule has 6 heteroatoms. The first kappa shape index (κ1) is 13.9. The van der Waals surface area contributed by atoms with E-state index in [1.807, 2.05) is 0 Å². The van der Waals surface area contributed by atoms with Gasteiger partial charge < -0.3 is 18.9 Å². The molecule has 0 aromatic carbocycles. The minimum Gasteiger partial charge on any atom is -0.426 e. The van der Waals surface area contributed by atoms with Gasteiger partial charge in [-0.25, -0.2) is 0 Å². The van der Waals surface area contributed by atoms with Crippen LogP contribution in [-0.2, 0) is 28.5 Å². The molecule has 0 aromatic rings. The summed E-state index contributed by atoms with van der Waals surface area (Å²) in [5.74, 6) is -1.07. The molecule has 0 radical (unpaired) electrons. The van der Waals surface area contributed by atoms with E-state index in [9.17, 15) is 9.59 Å². The summed E-state index contributed by atoms with van der Waals surface area (Å²) in [5.41, 5.74) is 0. The highest BCUT2D eigenvalue weighted by molar-refractivity contribution is 5.70. The number of methoxy groups -OCH3 is 2. The lowest BCUT2D eigenvalue weighted by atomic mass is 10.4. The Balaban J connectivity index is 3.86. The summed E-state index contributed by atoms with van der Waals surface area (Å²) in [5, 5.41) is 0. The highest BCUT2D eigenvalue weighted by Crippen LogP contribution is 2.03. The van der Waals surface area contributed by atoms with Crippen LogP contribution in [0.2, 0.25) is 0 Å². The van der Waals surface area contributed by atoms with Gasteiger partial charge >= 0.3 is 11.9 Å². The van der Waals surface area contributed by atoms with Crippen LogP contribution >= 0.6 is 0 Å². The molecule has 1 atom stereocenters. The molecule has 0 saturated heterocycles. The van der Waals surface area contributed by atoms with E-state index < -0.39 is 24.5 Å². The van der Waals surface area contributed by atoms with Crippen LogP contribution in [0.1, 0.15) is 20.3 Å². The van der Waals surface area contributed by atoms with Gasteiger partial charge in [0.1, 0.15) is 0 Å². The van der Waals surface area contributed by atoms with Crippen molar-refractivity contribution in [1.82, 2.24) is 0 Å². The van der Waals surface area contributed by atoms with Crippen molar-refractivity contribution in [2.24, 2.45) is 0 Å². The minimum atomic E-state index is -0.899. The third kappa shape index (κ3) is 6.87. The second-order valence-electron chi connectivity index (χ2n) is 2.77. The van der Waals surface area contributed by atoms with Crippen molar-refractivity contribution in [2.45, 2.75) is 32.8 Å². The first-order valence-corrected chi connectivity index (χ1v) is 4.41. The van der Waals surface area contributed by atoms with Gasteiger partial charge in [-0.3, -0.25) is 9.59 Å². The molecule has 15 heavy (non-hydrogen) atoms. The van der Waals surface area contributed by atoms with Crippen LogP contribution in [0.5, 0.6) is 0 Å². The first-order chi connectivity index (χ1) is 6.99.